The third-order valence-electron chi connectivity index (χ3n) is 5.58. The van der Waals surface area contributed by atoms with Crippen LogP contribution in [0.2, 0.25) is 0 Å². The van der Waals surface area contributed by atoms with Gasteiger partial charge < -0.3 is 15.0 Å². The Morgan fingerprint density at radius 1 is 1.03 bits per heavy atom. The van der Waals surface area contributed by atoms with Gasteiger partial charge in [-0.05, 0) is 49.4 Å². The standard InChI is InChI=1S/C27H22FN5O3S/c1-2-36-26(35)20-8-4-6-10-23(20)30-24(34)16-37-27-32-31-25(33(27)18-13-11-17(28)12-14-18)21-15-29-22-9-5-3-7-19(21)22/h3-15,29H,2,16H2,1H3,(H,30,34). The maximum absolute atomic E-state index is 13.7. The fourth-order valence-corrected chi connectivity index (χ4v) is 4.66. The van der Waals surface area contributed by atoms with Crippen LogP contribution in [0.1, 0.15) is 17.3 Å². The van der Waals surface area contributed by atoms with Crippen LogP contribution in [0.5, 0.6) is 0 Å². The smallest absolute Gasteiger partial charge is 0.340 e. The van der Waals surface area contributed by atoms with Crippen LogP contribution in [0.15, 0.2) is 84.1 Å². The maximum Gasteiger partial charge on any atom is 0.340 e. The number of thioether (sulfide) groups is 1. The number of hydrogen-bond donors (Lipinski definition) is 2. The molecule has 5 rings (SSSR count). The van der Waals surface area contributed by atoms with Gasteiger partial charge in [-0.1, -0.05) is 42.1 Å². The average molecular weight is 516 g/mol. The predicted octanol–water partition coefficient (Wildman–Crippen LogP) is 5.46. The topological polar surface area (TPSA) is 102 Å². The van der Waals surface area contributed by atoms with Gasteiger partial charge in [0.25, 0.3) is 0 Å². The summed E-state index contributed by atoms with van der Waals surface area (Å²) in [5.74, 6) is -0.641. The summed E-state index contributed by atoms with van der Waals surface area (Å²) >= 11 is 1.18. The number of benzene rings is 3. The molecular formula is C27H22FN5O3S. The van der Waals surface area contributed by atoms with Gasteiger partial charge in [-0.25, -0.2) is 9.18 Å². The number of carbonyl (C=O) groups is 2. The Kier molecular flexibility index (Phi) is 7.00. The van der Waals surface area contributed by atoms with E-state index in [4.69, 9.17) is 4.74 Å². The molecular weight excluding hydrogens is 493 g/mol. The van der Waals surface area contributed by atoms with Crippen molar-refractivity contribution in [3.05, 3.63) is 90.4 Å². The highest BCUT2D eigenvalue weighted by molar-refractivity contribution is 7.99. The largest absolute Gasteiger partial charge is 0.462 e. The van der Waals surface area contributed by atoms with E-state index in [0.717, 1.165) is 16.5 Å². The number of esters is 1. The van der Waals surface area contributed by atoms with Crippen LogP contribution in [0.4, 0.5) is 10.1 Å². The number of nitrogens with one attached hydrogen (secondary N) is 2. The summed E-state index contributed by atoms with van der Waals surface area (Å²) in [6.45, 7) is 1.95. The third kappa shape index (κ3) is 5.10. The number of ether oxygens (including phenoxy) is 1. The number of aromatic nitrogens is 4. The van der Waals surface area contributed by atoms with Crippen molar-refractivity contribution < 1.29 is 18.7 Å². The number of fused-ring (bicyclic) bond motifs is 1. The van der Waals surface area contributed by atoms with E-state index in [1.807, 2.05) is 30.5 Å². The minimum absolute atomic E-state index is 0.00434. The first-order valence-corrected chi connectivity index (χ1v) is 12.5. The lowest BCUT2D eigenvalue weighted by atomic mass is 10.1. The second-order valence-corrected chi connectivity index (χ2v) is 8.91. The highest BCUT2D eigenvalue weighted by Gasteiger charge is 2.20. The Morgan fingerprint density at radius 2 is 1.78 bits per heavy atom. The molecule has 5 aromatic rings. The number of halogens is 1. The highest BCUT2D eigenvalue weighted by atomic mass is 32.2. The minimum Gasteiger partial charge on any atom is -0.462 e. The number of rotatable bonds is 8. The monoisotopic (exact) mass is 515 g/mol. The van der Waals surface area contributed by atoms with Crippen LogP contribution in [0, 0.1) is 5.82 Å². The van der Waals surface area contributed by atoms with Crippen molar-refractivity contribution in [3.8, 4) is 17.1 Å². The van der Waals surface area contributed by atoms with E-state index in [0.29, 0.717) is 22.4 Å². The van der Waals surface area contributed by atoms with Gasteiger partial charge in [-0.3, -0.25) is 9.36 Å². The SMILES string of the molecule is CCOC(=O)c1ccccc1NC(=O)CSc1nnc(-c2c[nH]c3ccccc23)n1-c1ccc(F)cc1. The van der Waals surface area contributed by atoms with Gasteiger partial charge in [-0.15, -0.1) is 10.2 Å². The molecule has 0 fully saturated rings. The van der Waals surface area contributed by atoms with Gasteiger partial charge in [0.1, 0.15) is 5.82 Å². The highest BCUT2D eigenvalue weighted by Crippen LogP contribution is 2.32. The summed E-state index contributed by atoms with van der Waals surface area (Å²) in [6.07, 6.45) is 1.85. The van der Waals surface area contributed by atoms with Gasteiger partial charge >= 0.3 is 5.97 Å². The lowest BCUT2D eigenvalue weighted by molar-refractivity contribution is -0.113. The van der Waals surface area contributed by atoms with Crippen LogP contribution in [0.3, 0.4) is 0 Å². The summed E-state index contributed by atoms with van der Waals surface area (Å²) < 4.78 is 20.5. The molecule has 8 nitrogen and oxygen atoms in total. The molecule has 2 N–H and O–H groups in total. The Hall–Kier alpha value is -4.44. The molecule has 0 bridgehead atoms. The lowest BCUT2D eigenvalue weighted by Gasteiger charge is -2.11. The Labute approximate surface area is 215 Å². The molecule has 0 saturated heterocycles. The lowest BCUT2D eigenvalue weighted by Crippen LogP contribution is -2.17. The van der Waals surface area contributed by atoms with Crippen molar-refractivity contribution in [1.29, 1.82) is 0 Å². The molecule has 2 heterocycles. The molecule has 0 aliphatic heterocycles. The number of hydrogen-bond acceptors (Lipinski definition) is 6. The minimum atomic E-state index is -0.509. The molecule has 10 heteroatoms. The zero-order valence-electron chi connectivity index (χ0n) is 19.8. The summed E-state index contributed by atoms with van der Waals surface area (Å²) in [7, 11) is 0. The molecule has 0 spiro atoms. The fraction of sp³-hybridized carbons (Fsp3) is 0.111. The summed E-state index contributed by atoms with van der Waals surface area (Å²) in [6, 6.07) is 20.5. The van der Waals surface area contributed by atoms with Gasteiger partial charge in [0, 0.05) is 28.4 Å². The molecule has 3 aromatic carbocycles. The number of nitrogens with zero attached hydrogens (tertiary/aromatic N) is 3. The van der Waals surface area contributed by atoms with Crippen LogP contribution in [-0.2, 0) is 9.53 Å². The molecule has 0 atom stereocenters. The number of anilines is 1. The van der Waals surface area contributed by atoms with Crippen molar-refractivity contribution >= 4 is 40.2 Å². The van der Waals surface area contributed by atoms with E-state index >= 15 is 0 Å². The molecule has 2 aromatic heterocycles. The fourth-order valence-electron chi connectivity index (χ4n) is 3.91. The molecule has 37 heavy (non-hydrogen) atoms. The summed E-state index contributed by atoms with van der Waals surface area (Å²) in [4.78, 5) is 28.3. The van der Waals surface area contributed by atoms with E-state index in [-0.39, 0.29) is 29.6 Å². The molecule has 0 radical (unpaired) electrons. The van der Waals surface area contributed by atoms with E-state index < -0.39 is 5.97 Å². The summed E-state index contributed by atoms with van der Waals surface area (Å²) in [5, 5.41) is 12.9. The molecule has 0 unspecified atom stereocenters. The van der Waals surface area contributed by atoms with E-state index in [1.54, 1.807) is 47.9 Å². The molecule has 186 valence electrons. The van der Waals surface area contributed by atoms with Crippen LogP contribution < -0.4 is 5.32 Å². The van der Waals surface area contributed by atoms with Crippen LogP contribution in [-0.4, -0.2) is 44.0 Å². The first-order chi connectivity index (χ1) is 18.0. The molecule has 0 saturated carbocycles. The zero-order valence-corrected chi connectivity index (χ0v) is 20.6. The van der Waals surface area contributed by atoms with Crippen LogP contribution >= 0.6 is 11.8 Å². The second kappa shape index (κ2) is 10.7. The number of aromatic amines is 1. The Bertz CT molecular complexity index is 1580. The molecule has 0 aliphatic carbocycles. The van der Waals surface area contributed by atoms with E-state index in [2.05, 4.69) is 20.5 Å². The first-order valence-electron chi connectivity index (χ1n) is 11.5. The predicted molar refractivity (Wildman–Crippen MR) is 140 cm³/mol. The van der Waals surface area contributed by atoms with Crippen molar-refractivity contribution in [2.24, 2.45) is 0 Å². The normalized spacial score (nSPS) is 11.0. The summed E-state index contributed by atoms with van der Waals surface area (Å²) in [5.41, 5.74) is 3.07. The van der Waals surface area contributed by atoms with Gasteiger partial charge in [0.15, 0.2) is 11.0 Å². The first kappa shape index (κ1) is 24.3. The van der Waals surface area contributed by atoms with Crippen molar-refractivity contribution in [2.45, 2.75) is 12.1 Å². The number of para-hydroxylation sites is 2. The third-order valence-corrected chi connectivity index (χ3v) is 6.51. The van der Waals surface area contributed by atoms with E-state index in [1.165, 1.54) is 23.9 Å². The van der Waals surface area contributed by atoms with Crippen LogP contribution in [0.25, 0.3) is 28.0 Å². The van der Waals surface area contributed by atoms with Gasteiger partial charge in [-0.2, -0.15) is 0 Å². The van der Waals surface area contributed by atoms with Gasteiger partial charge in [0.05, 0.1) is 23.6 Å². The van der Waals surface area contributed by atoms with E-state index in [9.17, 15) is 14.0 Å². The van der Waals surface area contributed by atoms with Gasteiger partial charge in [0.2, 0.25) is 5.91 Å². The number of amides is 1. The number of carbonyl (C=O) groups excluding carboxylic acids is 2. The molecule has 1 amide bonds. The maximum atomic E-state index is 13.7. The Balaban J connectivity index is 1.43. The number of H-pyrrole nitrogens is 1. The van der Waals surface area contributed by atoms with Crippen molar-refractivity contribution in [2.75, 3.05) is 17.7 Å². The van der Waals surface area contributed by atoms with Crippen molar-refractivity contribution in [1.82, 2.24) is 19.7 Å². The Morgan fingerprint density at radius 3 is 2.59 bits per heavy atom. The average Bonchev–Trinajstić information content (AvgIpc) is 3.52. The quantitative estimate of drug-likeness (QED) is 0.210. The van der Waals surface area contributed by atoms with Crippen molar-refractivity contribution in [3.63, 3.8) is 0 Å². The molecule has 0 aliphatic rings. The second-order valence-electron chi connectivity index (χ2n) is 7.97. The zero-order chi connectivity index (χ0) is 25.8.